The Bertz CT molecular complexity index is 605. The lowest BCUT2D eigenvalue weighted by Crippen LogP contribution is -2.24. The number of nitrogens with one attached hydrogen (secondary N) is 1. The van der Waals surface area contributed by atoms with Crippen LogP contribution in [0.2, 0.25) is 0 Å². The number of nitrogens with zero attached hydrogens (tertiary/aromatic N) is 2. The number of pyridine rings is 1. The van der Waals surface area contributed by atoms with Crippen molar-refractivity contribution in [2.24, 2.45) is 5.92 Å². The highest BCUT2D eigenvalue weighted by molar-refractivity contribution is 6.27. The molecule has 1 fully saturated rings. The van der Waals surface area contributed by atoms with Crippen molar-refractivity contribution in [3.05, 3.63) is 24.0 Å². The second kappa shape index (κ2) is 14.2. The van der Waals surface area contributed by atoms with Gasteiger partial charge in [-0.2, -0.15) is 0 Å². The first-order valence-corrected chi connectivity index (χ1v) is 8.85. The lowest BCUT2D eigenvalue weighted by molar-refractivity contribution is -0.159. The van der Waals surface area contributed by atoms with Crippen molar-refractivity contribution in [1.82, 2.24) is 15.2 Å². The highest BCUT2D eigenvalue weighted by Crippen LogP contribution is 2.23. The largest absolute Gasteiger partial charge is 0.506 e. The number of carboxylic acids is 2. The van der Waals surface area contributed by atoms with E-state index in [4.69, 9.17) is 24.9 Å². The predicted octanol–water partition coefficient (Wildman–Crippen LogP) is 1.84. The van der Waals surface area contributed by atoms with Crippen LogP contribution in [0.4, 0.5) is 4.79 Å². The van der Waals surface area contributed by atoms with Crippen LogP contribution in [0.5, 0.6) is 5.75 Å². The number of carbonyl (C=O) groups is 3. The summed E-state index contributed by atoms with van der Waals surface area (Å²) in [4.78, 5) is 33.1. The number of aliphatic carboxylic acids is 2. The van der Waals surface area contributed by atoms with Gasteiger partial charge in [-0.1, -0.05) is 19.3 Å². The number of aromatic nitrogens is 1. The molecule has 1 aromatic heterocycles. The third-order valence-electron chi connectivity index (χ3n) is 3.88. The molecule has 5 N–H and O–H groups in total. The smallest absolute Gasteiger partial charge is 0.414 e. The van der Waals surface area contributed by atoms with E-state index in [-0.39, 0.29) is 0 Å². The molecule has 10 nitrogen and oxygen atoms in total. The molecule has 1 aliphatic carbocycles. The summed E-state index contributed by atoms with van der Waals surface area (Å²) in [5.41, 5.74) is 0.748. The molecule has 158 valence electrons. The summed E-state index contributed by atoms with van der Waals surface area (Å²) in [6, 6.07) is 3.44. The monoisotopic (exact) mass is 399 g/mol. The van der Waals surface area contributed by atoms with Gasteiger partial charge >= 0.3 is 18.0 Å². The SMILES string of the molecule is CN(C)C(=O)O.O=C(O)C(=O)O.Oc1cccnc1CNCC1CCCCC1. The Hall–Kier alpha value is -2.88. The number of amides is 1. The highest BCUT2D eigenvalue weighted by Gasteiger charge is 2.12. The quantitative estimate of drug-likeness (QED) is 0.476. The van der Waals surface area contributed by atoms with Gasteiger partial charge in [0.1, 0.15) is 5.75 Å². The number of carboxylic acid groups (broad SMARTS) is 3. The first-order chi connectivity index (χ1) is 13.1. The maximum Gasteiger partial charge on any atom is 0.414 e. The third-order valence-corrected chi connectivity index (χ3v) is 3.88. The van der Waals surface area contributed by atoms with Crippen molar-refractivity contribution >= 4 is 18.0 Å². The summed E-state index contributed by atoms with van der Waals surface area (Å²) in [5, 5.41) is 35.6. The van der Waals surface area contributed by atoms with E-state index in [1.807, 2.05) is 0 Å². The first kappa shape index (κ1) is 25.1. The van der Waals surface area contributed by atoms with E-state index in [0.29, 0.717) is 12.3 Å². The molecule has 0 atom stereocenters. The van der Waals surface area contributed by atoms with Crippen LogP contribution in [0.15, 0.2) is 18.3 Å². The van der Waals surface area contributed by atoms with E-state index in [9.17, 15) is 9.90 Å². The van der Waals surface area contributed by atoms with Gasteiger partial charge in [0, 0.05) is 26.8 Å². The van der Waals surface area contributed by atoms with Crippen LogP contribution >= 0.6 is 0 Å². The zero-order valence-electron chi connectivity index (χ0n) is 16.2. The van der Waals surface area contributed by atoms with E-state index < -0.39 is 18.0 Å². The molecular formula is C18H29N3O7. The molecule has 1 saturated carbocycles. The van der Waals surface area contributed by atoms with Gasteiger partial charge in [-0.25, -0.2) is 14.4 Å². The van der Waals surface area contributed by atoms with Crippen molar-refractivity contribution in [3.8, 4) is 5.75 Å². The summed E-state index contributed by atoms with van der Waals surface area (Å²) >= 11 is 0. The van der Waals surface area contributed by atoms with E-state index in [2.05, 4.69) is 10.3 Å². The Labute approximate surface area is 163 Å². The minimum Gasteiger partial charge on any atom is -0.506 e. The predicted molar refractivity (Wildman–Crippen MR) is 101 cm³/mol. The fourth-order valence-corrected chi connectivity index (χ4v) is 2.35. The standard InChI is InChI=1S/C13H20N2O.C3H7NO2.C2H2O4/c16-13-7-4-8-15-12(13)10-14-9-11-5-2-1-3-6-11;1-4(2)3(5)6;3-1(4)2(5)6/h4,7-8,11,14,16H,1-3,5-6,9-10H2;1-2H3,(H,5,6);(H,3,4)(H,5,6). The molecule has 0 radical (unpaired) electrons. The van der Waals surface area contributed by atoms with Crippen LogP contribution in [0.3, 0.4) is 0 Å². The Morgan fingerprint density at radius 1 is 1.11 bits per heavy atom. The molecule has 0 bridgehead atoms. The minimum absolute atomic E-state index is 0.290. The van der Waals surface area contributed by atoms with E-state index in [1.165, 1.54) is 46.2 Å². The summed E-state index contributed by atoms with van der Waals surface area (Å²) in [5.74, 6) is -2.54. The Morgan fingerprint density at radius 3 is 2.07 bits per heavy atom. The summed E-state index contributed by atoms with van der Waals surface area (Å²) in [6.45, 7) is 1.72. The molecule has 1 aliphatic rings. The Balaban J connectivity index is 0.000000505. The van der Waals surface area contributed by atoms with Crippen LogP contribution in [0.25, 0.3) is 0 Å². The van der Waals surface area contributed by atoms with Crippen LogP contribution in [-0.2, 0) is 16.1 Å². The molecule has 1 amide bonds. The molecular weight excluding hydrogens is 370 g/mol. The van der Waals surface area contributed by atoms with Crippen LogP contribution < -0.4 is 5.32 Å². The third kappa shape index (κ3) is 12.5. The number of aromatic hydroxyl groups is 1. The molecule has 1 heterocycles. The number of hydrogen-bond acceptors (Lipinski definition) is 6. The van der Waals surface area contributed by atoms with Crippen LogP contribution in [-0.4, -0.2) is 69.0 Å². The first-order valence-electron chi connectivity index (χ1n) is 8.85. The molecule has 0 aromatic carbocycles. The van der Waals surface area contributed by atoms with E-state index in [0.717, 1.165) is 23.1 Å². The molecule has 28 heavy (non-hydrogen) atoms. The van der Waals surface area contributed by atoms with Gasteiger partial charge in [-0.15, -0.1) is 0 Å². The second-order valence-corrected chi connectivity index (χ2v) is 6.39. The number of rotatable bonds is 4. The van der Waals surface area contributed by atoms with Crippen molar-refractivity contribution in [2.45, 2.75) is 38.6 Å². The maximum atomic E-state index is 9.62. The second-order valence-electron chi connectivity index (χ2n) is 6.39. The Morgan fingerprint density at radius 2 is 1.64 bits per heavy atom. The molecule has 0 spiro atoms. The van der Waals surface area contributed by atoms with E-state index in [1.54, 1.807) is 18.3 Å². The van der Waals surface area contributed by atoms with Gasteiger partial charge in [0.05, 0.1) is 5.69 Å². The zero-order chi connectivity index (χ0) is 21.5. The summed E-state index contributed by atoms with van der Waals surface area (Å²) in [7, 11) is 2.95. The van der Waals surface area contributed by atoms with Gasteiger partial charge in [0.15, 0.2) is 0 Å². The minimum atomic E-state index is -1.82. The van der Waals surface area contributed by atoms with Gasteiger partial charge < -0.3 is 30.6 Å². The average molecular weight is 399 g/mol. The molecule has 1 aromatic rings. The number of hydrogen-bond donors (Lipinski definition) is 5. The topological polar surface area (TPSA) is 160 Å². The van der Waals surface area contributed by atoms with Crippen molar-refractivity contribution in [3.63, 3.8) is 0 Å². The lowest BCUT2D eigenvalue weighted by atomic mass is 9.89. The molecule has 0 saturated heterocycles. The van der Waals surface area contributed by atoms with Crippen molar-refractivity contribution < 1.29 is 34.8 Å². The molecule has 10 heteroatoms. The summed E-state index contributed by atoms with van der Waals surface area (Å²) in [6.07, 6.45) is 7.66. The van der Waals surface area contributed by atoms with Gasteiger partial charge in [0.25, 0.3) is 0 Å². The van der Waals surface area contributed by atoms with Gasteiger partial charge in [0.2, 0.25) is 0 Å². The van der Waals surface area contributed by atoms with Crippen LogP contribution in [0.1, 0.15) is 37.8 Å². The zero-order valence-corrected chi connectivity index (χ0v) is 16.2. The summed E-state index contributed by atoms with van der Waals surface area (Å²) < 4.78 is 0. The van der Waals surface area contributed by atoms with Crippen LogP contribution in [0, 0.1) is 5.92 Å². The highest BCUT2D eigenvalue weighted by atomic mass is 16.4. The molecule has 2 rings (SSSR count). The maximum absolute atomic E-state index is 9.62. The van der Waals surface area contributed by atoms with Gasteiger partial charge in [-0.3, -0.25) is 4.98 Å². The molecule has 0 unspecified atom stereocenters. The van der Waals surface area contributed by atoms with Gasteiger partial charge in [-0.05, 0) is 37.4 Å². The average Bonchev–Trinajstić information content (AvgIpc) is 2.65. The van der Waals surface area contributed by atoms with Crippen molar-refractivity contribution in [2.75, 3.05) is 20.6 Å². The normalized spacial score (nSPS) is 13.2. The fraction of sp³-hybridized carbons (Fsp3) is 0.556. The lowest BCUT2D eigenvalue weighted by Gasteiger charge is -2.21. The fourth-order valence-electron chi connectivity index (χ4n) is 2.35. The Kier molecular flexibility index (Phi) is 12.7. The van der Waals surface area contributed by atoms with E-state index >= 15 is 0 Å². The van der Waals surface area contributed by atoms with Crippen molar-refractivity contribution in [1.29, 1.82) is 0 Å². The molecule has 0 aliphatic heterocycles.